The first-order chi connectivity index (χ1) is 9.08. The Hall–Kier alpha value is -1.40. The van der Waals surface area contributed by atoms with Crippen LogP contribution >= 0.6 is 0 Å². The molecule has 0 aromatic heterocycles. The molecular formula is C14H22N2O3S. The fourth-order valence-corrected chi connectivity index (χ4v) is 2.21. The second-order valence-corrected chi connectivity index (χ2v) is 7.43. The summed E-state index contributed by atoms with van der Waals surface area (Å²) in [5, 5.41) is 5.83. The number of carbonyl (C=O) groups excluding carboxylic acids is 1. The van der Waals surface area contributed by atoms with Crippen LogP contribution in [0.5, 0.6) is 0 Å². The van der Waals surface area contributed by atoms with Gasteiger partial charge in [0.15, 0.2) is 9.84 Å². The maximum atomic E-state index is 12.0. The van der Waals surface area contributed by atoms with Crippen LogP contribution in [0.15, 0.2) is 29.2 Å². The molecule has 0 aliphatic carbocycles. The largest absolute Gasteiger partial charge is 0.348 e. The summed E-state index contributed by atoms with van der Waals surface area (Å²) < 4.78 is 22.8. The summed E-state index contributed by atoms with van der Waals surface area (Å²) in [6.45, 7) is 5.45. The van der Waals surface area contributed by atoms with E-state index in [4.69, 9.17) is 0 Å². The van der Waals surface area contributed by atoms with E-state index in [-0.39, 0.29) is 16.8 Å². The van der Waals surface area contributed by atoms with Crippen LogP contribution in [0.4, 0.5) is 0 Å². The van der Waals surface area contributed by atoms with Crippen LogP contribution in [0, 0.1) is 0 Å². The standard InChI is InChI=1S/C14H22N2O3S/c1-10(16-13(17)14(2,3)15-4)11-6-8-12(9-7-11)20(5,18)19/h6-10,15H,1-5H3,(H,16,17). The Morgan fingerprint density at radius 3 is 2.10 bits per heavy atom. The highest BCUT2D eigenvalue weighted by Crippen LogP contribution is 2.17. The number of nitrogens with one attached hydrogen (secondary N) is 2. The van der Waals surface area contributed by atoms with Gasteiger partial charge in [-0.25, -0.2) is 8.42 Å². The highest BCUT2D eigenvalue weighted by Gasteiger charge is 2.26. The molecule has 0 fully saturated rings. The van der Waals surface area contributed by atoms with Crippen molar-refractivity contribution in [3.05, 3.63) is 29.8 Å². The maximum absolute atomic E-state index is 12.0. The first-order valence-corrected chi connectivity index (χ1v) is 8.27. The third-order valence-corrected chi connectivity index (χ3v) is 4.48. The SMILES string of the molecule is CNC(C)(C)C(=O)NC(C)c1ccc(S(C)(=O)=O)cc1. The average molecular weight is 298 g/mol. The van der Waals surface area contributed by atoms with Crippen LogP contribution in [0.3, 0.4) is 0 Å². The highest BCUT2D eigenvalue weighted by atomic mass is 32.2. The van der Waals surface area contributed by atoms with E-state index in [1.807, 2.05) is 6.92 Å². The van der Waals surface area contributed by atoms with Gasteiger partial charge in [0.05, 0.1) is 16.5 Å². The molecule has 0 saturated heterocycles. The first-order valence-electron chi connectivity index (χ1n) is 6.38. The summed E-state index contributed by atoms with van der Waals surface area (Å²) in [6, 6.07) is 6.35. The Labute approximate surface area is 120 Å². The van der Waals surface area contributed by atoms with E-state index < -0.39 is 15.4 Å². The van der Waals surface area contributed by atoms with E-state index in [1.54, 1.807) is 45.2 Å². The lowest BCUT2D eigenvalue weighted by molar-refractivity contribution is -0.126. The van der Waals surface area contributed by atoms with E-state index >= 15 is 0 Å². The summed E-state index contributed by atoms with van der Waals surface area (Å²) in [5.74, 6) is -0.111. The Morgan fingerprint density at radius 2 is 1.70 bits per heavy atom. The van der Waals surface area contributed by atoms with E-state index in [1.165, 1.54) is 6.26 Å². The van der Waals surface area contributed by atoms with Gasteiger partial charge in [-0.3, -0.25) is 4.79 Å². The van der Waals surface area contributed by atoms with Crippen LogP contribution in [0.25, 0.3) is 0 Å². The van der Waals surface area contributed by atoms with E-state index in [0.717, 1.165) is 5.56 Å². The van der Waals surface area contributed by atoms with Gasteiger partial charge in [0.25, 0.3) is 0 Å². The molecule has 6 heteroatoms. The average Bonchev–Trinajstić information content (AvgIpc) is 2.37. The Balaban J connectivity index is 2.84. The lowest BCUT2D eigenvalue weighted by Gasteiger charge is -2.25. The predicted molar refractivity (Wildman–Crippen MR) is 79.2 cm³/mol. The van der Waals surface area contributed by atoms with Crippen molar-refractivity contribution in [2.24, 2.45) is 0 Å². The number of amides is 1. The maximum Gasteiger partial charge on any atom is 0.240 e. The van der Waals surface area contributed by atoms with Crippen molar-refractivity contribution in [3.63, 3.8) is 0 Å². The van der Waals surface area contributed by atoms with Crippen LogP contribution in [0.2, 0.25) is 0 Å². The zero-order valence-electron chi connectivity index (χ0n) is 12.5. The third-order valence-electron chi connectivity index (χ3n) is 3.35. The molecule has 1 unspecified atom stereocenters. The lowest BCUT2D eigenvalue weighted by atomic mass is 10.0. The molecule has 5 nitrogen and oxygen atoms in total. The van der Waals surface area contributed by atoms with E-state index in [0.29, 0.717) is 0 Å². The van der Waals surface area contributed by atoms with Crippen LogP contribution in [-0.2, 0) is 14.6 Å². The topological polar surface area (TPSA) is 75.3 Å². The molecule has 0 aliphatic heterocycles. The van der Waals surface area contributed by atoms with Gasteiger partial charge in [-0.05, 0) is 45.5 Å². The summed E-state index contributed by atoms with van der Waals surface area (Å²) in [4.78, 5) is 12.3. The zero-order chi connectivity index (χ0) is 15.6. The number of benzene rings is 1. The summed E-state index contributed by atoms with van der Waals surface area (Å²) >= 11 is 0. The monoisotopic (exact) mass is 298 g/mol. The minimum Gasteiger partial charge on any atom is -0.348 e. The fourth-order valence-electron chi connectivity index (χ4n) is 1.58. The Kier molecular flexibility index (Phi) is 4.94. The van der Waals surface area contributed by atoms with Crippen molar-refractivity contribution < 1.29 is 13.2 Å². The fraction of sp³-hybridized carbons (Fsp3) is 0.500. The lowest BCUT2D eigenvalue weighted by Crippen LogP contribution is -2.51. The molecule has 112 valence electrons. The van der Waals surface area contributed by atoms with Gasteiger partial charge < -0.3 is 10.6 Å². The molecule has 0 saturated carbocycles. The molecule has 1 amide bonds. The number of rotatable bonds is 5. The van der Waals surface area contributed by atoms with Gasteiger partial charge in [0, 0.05) is 6.26 Å². The van der Waals surface area contributed by atoms with Gasteiger partial charge in [0.1, 0.15) is 0 Å². The van der Waals surface area contributed by atoms with Gasteiger partial charge in [0.2, 0.25) is 5.91 Å². The number of sulfone groups is 1. The second kappa shape index (κ2) is 5.93. The summed E-state index contributed by atoms with van der Waals surface area (Å²) in [5.41, 5.74) is 0.207. The van der Waals surface area contributed by atoms with Crippen molar-refractivity contribution >= 4 is 15.7 Å². The van der Waals surface area contributed by atoms with Gasteiger partial charge in [-0.2, -0.15) is 0 Å². The second-order valence-electron chi connectivity index (χ2n) is 5.41. The van der Waals surface area contributed by atoms with Crippen molar-refractivity contribution in [1.82, 2.24) is 10.6 Å². The van der Waals surface area contributed by atoms with Gasteiger partial charge in [-0.15, -0.1) is 0 Å². The highest BCUT2D eigenvalue weighted by molar-refractivity contribution is 7.90. The number of hydrogen-bond donors (Lipinski definition) is 2. The van der Waals surface area contributed by atoms with Crippen LogP contribution < -0.4 is 10.6 Å². The van der Waals surface area contributed by atoms with E-state index in [2.05, 4.69) is 10.6 Å². The Bertz CT molecular complexity index is 577. The minimum atomic E-state index is -3.19. The molecule has 2 N–H and O–H groups in total. The number of likely N-dealkylation sites (N-methyl/N-ethyl adjacent to an activating group) is 1. The molecule has 0 bridgehead atoms. The zero-order valence-corrected chi connectivity index (χ0v) is 13.3. The molecule has 0 heterocycles. The molecule has 20 heavy (non-hydrogen) atoms. The molecule has 0 spiro atoms. The molecule has 1 atom stereocenters. The van der Waals surface area contributed by atoms with Crippen molar-refractivity contribution in [2.45, 2.75) is 37.2 Å². The Morgan fingerprint density at radius 1 is 1.20 bits per heavy atom. The first kappa shape index (κ1) is 16.7. The smallest absolute Gasteiger partial charge is 0.240 e. The molecule has 1 rings (SSSR count). The molecular weight excluding hydrogens is 276 g/mol. The summed E-state index contributed by atoms with van der Waals surface area (Å²) in [7, 11) is -1.47. The van der Waals surface area contributed by atoms with Gasteiger partial charge >= 0.3 is 0 Å². The molecule has 1 aromatic rings. The van der Waals surface area contributed by atoms with Crippen molar-refractivity contribution in [3.8, 4) is 0 Å². The predicted octanol–water partition coefficient (Wildman–Crippen LogP) is 1.27. The van der Waals surface area contributed by atoms with Crippen molar-refractivity contribution in [2.75, 3.05) is 13.3 Å². The van der Waals surface area contributed by atoms with Crippen LogP contribution in [0.1, 0.15) is 32.4 Å². The molecule has 0 radical (unpaired) electrons. The van der Waals surface area contributed by atoms with Gasteiger partial charge in [-0.1, -0.05) is 12.1 Å². The van der Waals surface area contributed by atoms with E-state index in [9.17, 15) is 13.2 Å². The quantitative estimate of drug-likeness (QED) is 0.858. The minimum absolute atomic E-state index is 0.111. The number of hydrogen-bond acceptors (Lipinski definition) is 4. The normalized spacial score (nSPS) is 13.8. The van der Waals surface area contributed by atoms with Crippen molar-refractivity contribution in [1.29, 1.82) is 0 Å². The summed E-state index contributed by atoms with van der Waals surface area (Å²) in [6.07, 6.45) is 1.17. The van der Waals surface area contributed by atoms with Crippen LogP contribution in [-0.4, -0.2) is 33.2 Å². The number of carbonyl (C=O) groups is 1. The third kappa shape index (κ3) is 4.05. The molecule has 0 aliphatic rings. The molecule has 1 aromatic carbocycles.